The molecule has 2 amide bonds. The van der Waals surface area contributed by atoms with Gasteiger partial charge in [0.2, 0.25) is 0 Å². The van der Waals surface area contributed by atoms with E-state index in [1.807, 2.05) is 47.9 Å². The van der Waals surface area contributed by atoms with Crippen molar-refractivity contribution in [2.45, 2.75) is 13.3 Å². The Balaban J connectivity index is 1.40. The van der Waals surface area contributed by atoms with Crippen LogP contribution in [0.25, 0.3) is 16.7 Å². The second-order valence-corrected chi connectivity index (χ2v) is 7.27. The third kappa shape index (κ3) is 4.79. The van der Waals surface area contributed by atoms with Gasteiger partial charge >= 0.3 is 0 Å². The smallest absolute Gasteiger partial charge is 0.269 e. The summed E-state index contributed by atoms with van der Waals surface area (Å²) in [5.41, 5.74) is 8.35. The number of nitrogens with one attached hydrogen (secondary N) is 2. The monoisotopic (exact) mass is 444 g/mol. The number of imidazole rings is 1. The van der Waals surface area contributed by atoms with Gasteiger partial charge in [0.05, 0.1) is 24.8 Å². The van der Waals surface area contributed by atoms with Crippen molar-refractivity contribution in [3.05, 3.63) is 84.2 Å². The fourth-order valence-corrected chi connectivity index (χ4v) is 3.34. The Bertz CT molecular complexity index is 1280. The number of rotatable bonds is 7. The molecule has 0 bridgehead atoms. The molecule has 2 N–H and O–H groups in total. The normalized spacial score (nSPS) is 10.6. The first-order valence-electron chi connectivity index (χ1n) is 10.5. The maximum Gasteiger partial charge on any atom is 0.269 e. The number of carbonyl (C=O) groups is 2. The SMILES string of the molecule is CCCOc1ccc(C(=O)NNC(=O)c2ccc(-n3cnc4ccccc43)cc2)cc1OC. The summed E-state index contributed by atoms with van der Waals surface area (Å²) in [6.45, 7) is 2.55. The Morgan fingerprint density at radius 3 is 2.33 bits per heavy atom. The number of hydrazine groups is 1. The van der Waals surface area contributed by atoms with E-state index in [1.165, 1.54) is 7.11 Å². The van der Waals surface area contributed by atoms with Gasteiger partial charge < -0.3 is 9.47 Å². The van der Waals surface area contributed by atoms with E-state index < -0.39 is 11.8 Å². The number of para-hydroxylation sites is 2. The summed E-state index contributed by atoms with van der Waals surface area (Å²) in [6, 6.07) is 19.7. The second-order valence-electron chi connectivity index (χ2n) is 7.27. The van der Waals surface area contributed by atoms with E-state index in [4.69, 9.17) is 9.47 Å². The maximum absolute atomic E-state index is 12.5. The number of nitrogens with zero attached hydrogens (tertiary/aromatic N) is 2. The first-order chi connectivity index (χ1) is 16.1. The topological polar surface area (TPSA) is 94.5 Å². The molecule has 1 heterocycles. The number of fused-ring (bicyclic) bond motifs is 1. The lowest BCUT2D eigenvalue weighted by Crippen LogP contribution is -2.41. The van der Waals surface area contributed by atoms with E-state index in [9.17, 15) is 9.59 Å². The number of amides is 2. The van der Waals surface area contributed by atoms with Crippen molar-refractivity contribution in [1.82, 2.24) is 20.4 Å². The third-order valence-electron chi connectivity index (χ3n) is 5.04. The highest BCUT2D eigenvalue weighted by molar-refractivity contribution is 5.99. The fourth-order valence-electron chi connectivity index (χ4n) is 3.34. The molecule has 4 rings (SSSR count). The van der Waals surface area contributed by atoms with Crippen molar-refractivity contribution in [2.75, 3.05) is 13.7 Å². The molecule has 0 radical (unpaired) electrons. The van der Waals surface area contributed by atoms with Gasteiger partial charge in [-0.25, -0.2) is 4.98 Å². The molecule has 0 aliphatic heterocycles. The van der Waals surface area contributed by atoms with Gasteiger partial charge in [-0.1, -0.05) is 19.1 Å². The molecule has 0 atom stereocenters. The number of aromatic nitrogens is 2. The molecule has 4 aromatic rings. The van der Waals surface area contributed by atoms with Crippen LogP contribution in [0.5, 0.6) is 11.5 Å². The molecule has 0 saturated heterocycles. The van der Waals surface area contributed by atoms with Crippen LogP contribution in [0.2, 0.25) is 0 Å². The number of hydrogen-bond acceptors (Lipinski definition) is 5. The summed E-state index contributed by atoms with van der Waals surface area (Å²) in [6.07, 6.45) is 2.60. The minimum Gasteiger partial charge on any atom is -0.493 e. The average Bonchev–Trinajstić information content (AvgIpc) is 3.30. The van der Waals surface area contributed by atoms with Gasteiger partial charge in [-0.05, 0) is 61.0 Å². The lowest BCUT2D eigenvalue weighted by Gasteiger charge is -2.12. The summed E-state index contributed by atoms with van der Waals surface area (Å²) < 4.78 is 12.8. The molecule has 8 heteroatoms. The number of benzene rings is 3. The van der Waals surface area contributed by atoms with E-state index in [-0.39, 0.29) is 0 Å². The highest BCUT2D eigenvalue weighted by Crippen LogP contribution is 2.28. The lowest BCUT2D eigenvalue weighted by molar-refractivity contribution is 0.0846. The first kappa shape index (κ1) is 21.9. The van der Waals surface area contributed by atoms with Crippen LogP contribution in [0.4, 0.5) is 0 Å². The van der Waals surface area contributed by atoms with E-state index in [1.54, 1.807) is 36.7 Å². The van der Waals surface area contributed by atoms with E-state index >= 15 is 0 Å². The number of carbonyl (C=O) groups excluding carboxylic acids is 2. The van der Waals surface area contributed by atoms with Crippen LogP contribution >= 0.6 is 0 Å². The van der Waals surface area contributed by atoms with Crippen molar-refractivity contribution in [2.24, 2.45) is 0 Å². The Hall–Kier alpha value is -4.33. The lowest BCUT2D eigenvalue weighted by atomic mass is 10.2. The van der Waals surface area contributed by atoms with Crippen molar-refractivity contribution in [1.29, 1.82) is 0 Å². The number of methoxy groups -OCH3 is 1. The van der Waals surface area contributed by atoms with E-state index in [0.717, 1.165) is 23.1 Å². The van der Waals surface area contributed by atoms with Gasteiger partial charge in [0.1, 0.15) is 6.33 Å². The van der Waals surface area contributed by atoms with Crippen molar-refractivity contribution in [3.63, 3.8) is 0 Å². The van der Waals surface area contributed by atoms with Gasteiger partial charge in [0, 0.05) is 16.8 Å². The molecular formula is C25H24N4O4. The Morgan fingerprint density at radius 2 is 1.61 bits per heavy atom. The molecule has 0 spiro atoms. The first-order valence-corrected chi connectivity index (χ1v) is 10.5. The maximum atomic E-state index is 12.5. The van der Waals surface area contributed by atoms with E-state index in [0.29, 0.717) is 29.2 Å². The predicted octanol–water partition coefficient (Wildman–Crippen LogP) is 3.90. The second kappa shape index (κ2) is 9.86. The van der Waals surface area contributed by atoms with Gasteiger partial charge in [-0.15, -0.1) is 0 Å². The Kier molecular flexibility index (Phi) is 6.54. The molecule has 0 unspecified atom stereocenters. The summed E-state index contributed by atoms with van der Waals surface area (Å²) in [5, 5.41) is 0. The molecule has 0 aliphatic rings. The average molecular weight is 444 g/mol. The summed E-state index contributed by atoms with van der Waals surface area (Å²) in [4.78, 5) is 29.4. The predicted molar refractivity (Wildman–Crippen MR) is 125 cm³/mol. The van der Waals surface area contributed by atoms with Crippen LogP contribution in [0.1, 0.15) is 34.1 Å². The van der Waals surface area contributed by atoms with Crippen LogP contribution in [0, 0.1) is 0 Å². The van der Waals surface area contributed by atoms with Crippen LogP contribution in [0.3, 0.4) is 0 Å². The molecule has 0 aliphatic carbocycles. The quantitative estimate of drug-likeness (QED) is 0.422. The molecule has 0 fully saturated rings. The minimum atomic E-state index is -0.467. The van der Waals surface area contributed by atoms with Crippen molar-refractivity contribution in [3.8, 4) is 17.2 Å². The van der Waals surface area contributed by atoms with Gasteiger partial charge in [-0.2, -0.15) is 0 Å². The largest absolute Gasteiger partial charge is 0.493 e. The zero-order valence-electron chi connectivity index (χ0n) is 18.4. The van der Waals surface area contributed by atoms with Crippen LogP contribution < -0.4 is 20.3 Å². The standard InChI is InChI=1S/C25H24N4O4/c1-3-14-33-22-13-10-18(15-23(22)32-2)25(31)28-27-24(30)17-8-11-19(12-9-17)29-16-26-20-6-4-5-7-21(20)29/h4-13,15-16H,3,14H2,1-2H3,(H,27,30)(H,28,31). The van der Waals surface area contributed by atoms with E-state index in [2.05, 4.69) is 15.8 Å². The van der Waals surface area contributed by atoms with Gasteiger partial charge in [0.25, 0.3) is 11.8 Å². The fraction of sp³-hybridized carbons (Fsp3) is 0.160. The summed E-state index contributed by atoms with van der Waals surface area (Å²) in [7, 11) is 1.51. The van der Waals surface area contributed by atoms with Crippen LogP contribution in [0.15, 0.2) is 73.1 Å². The summed E-state index contributed by atoms with van der Waals surface area (Å²) >= 11 is 0. The number of hydrogen-bond donors (Lipinski definition) is 2. The Labute approximate surface area is 191 Å². The minimum absolute atomic E-state index is 0.332. The molecule has 8 nitrogen and oxygen atoms in total. The molecule has 3 aromatic carbocycles. The van der Waals surface area contributed by atoms with Crippen LogP contribution in [-0.2, 0) is 0 Å². The highest BCUT2D eigenvalue weighted by Gasteiger charge is 2.13. The van der Waals surface area contributed by atoms with Gasteiger partial charge in [0.15, 0.2) is 11.5 Å². The zero-order chi connectivity index (χ0) is 23.2. The van der Waals surface area contributed by atoms with Crippen molar-refractivity contribution >= 4 is 22.8 Å². The Morgan fingerprint density at radius 1 is 0.909 bits per heavy atom. The molecule has 168 valence electrons. The number of ether oxygens (including phenoxy) is 2. The molecule has 0 saturated carbocycles. The molecule has 33 heavy (non-hydrogen) atoms. The highest BCUT2D eigenvalue weighted by atomic mass is 16.5. The summed E-state index contributed by atoms with van der Waals surface area (Å²) in [5.74, 6) is 0.112. The van der Waals surface area contributed by atoms with Gasteiger partial charge in [-0.3, -0.25) is 25.0 Å². The van der Waals surface area contributed by atoms with Crippen LogP contribution in [-0.4, -0.2) is 35.1 Å². The third-order valence-corrected chi connectivity index (χ3v) is 5.04. The zero-order valence-corrected chi connectivity index (χ0v) is 18.4. The van der Waals surface area contributed by atoms with Crippen molar-refractivity contribution < 1.29 is 19.1 Å². The molecule has 1 aromatic heterocycles. The molecular weight excluding hydrogens is 420 g/mol.